The maximum atomic E-state index is 13.7. The van der Waals surface area contributed by atoms with Gasteiger partial charge in [-0.25, -0.2) is 4.39 Å². The first-order valence-corrected chi connectivity index (χ1v) is 8.70. The van der Waals surface area contributed by atoms with E-state index in [0.717, 1.165) is 12.8 Å². The average molecular weight is 372 g/mol. The number of anilines is 1. The highest BCUT2D eigenvalue weighted by Crippen LogP contribution is 2.20. The van der Waals surface area contributed by atoms with Gasteiger partial charge in [0.1, 0.15) is 5.82 Å². The molecule has 1 heterocycles. The Balaban J connectivity index is 1.82. The van der Waals surface area contributed by atoms with Crippen LogP contribution in [0.15, 0.2) is 18.2 Å². The lowest BCUT2D eigenvalue weighted by Crippen LogP contribution is -2.48. The summed E-state index contributed by atoms with van der Waals surface area (Å²) in [7, 11) is 0. The maximum absolute atomic E-state index is 13.7. The molecule has 25 heavy (non-hydrogen) atoms. The maximum Gasteiger partial charge on any atom is 0.317 e. The van der Waals surface area contributed by atoms with E-state index >= 15 is 0 Å². The van der Waals surface area contributed by atoms with Gasteiger partial charge in [-0.05, 0) is 37.6 Å². The fourth-order valence-electron chi connectivity index (χ4n) is 3.10. The van der Waals surface area contributed by atoms with Crippen molar-refractivity contribution in [2.45, 2.75) is 25.8 Å². The summed E-state index contributed by atoms with van der Waals surface area (Å²) in [5, 5.41) is 11.9. The number of nitrogens with one attached hydrogen (secondary N) is 1. The molecule has 0 aromatic heterocycles. The molecule has 0 bridgehead atoms. The Morgan fingerprint density at radius 2 is 2.08 bits per heavy atom. The number of carboxylic acids is 1. The third-order valence-corrected chi connectivity index (χ3v) is 4.62. The fourth-order valence-corrected chi connectivity index (χ4v) is 3.27. The standard InChI is InChI=1S/C17H23ClFN3O3/c1-2-22(11-17(24)25)13-5-7-21(8-6-13)10-16(23)20-15-9-12(18)3-4-14(15)19/h3-4,9,13H,2,5-8,10-11H2,1H3,(H,20,23)(H,24,25). The van der Waals surface area contributed by atoms with Gasteiger partial charge in [-0.1, -0.05) is 18.5 Å². The zero-order valence-electron chi connectivity index (χ0n) is 14.2. The Hall–Kier alpha value is -1.70. The second-order valence-electron chi connectivity index (χ2n) is 6.14. The van der Waals surface area contributed by atoms with E-state index in [0.29, 0.717) is 24.7 Å². The van der Waals surface area contributed by atoms with Crippen LogP contribution >= 0.6 is 11.6 Å². The number of rotatable bonds is 7. The number of hydrogen-bond donors (Lipinski definition) is 2. The second kappa shape index (κ2) is 9.12. The molecule has 2 N–H and O–H groups in total. The lowest BCUT2D eigenvalue weighted by Gasteiger charge is -2.37. The first kappa shape index (κ1) is 19.6. The summed E-state index contributed by atoms with van der Waals surface area (Å²) in [6.07, 6.45) is 1.61. The van der Waals surface area contributed by atoms with Gasteiger partial charge in [-0.3, -0.25) is 19.4 Å². The second-order valence-corrected chi connectivity index (χ2v) is 6.57. The van der Waals surface area contributed by atoms with Gasteiger partial charge in [0.15, 0.2) is 0 Å². The molecule has 0 atom stereocenters. The highest BCUT2D eigenvalue weighted by atomic mass is 35.5. The number of halogens is 2. The van der Waals surface area contributed by atoms with Crippen molar-refractivity contribution in [2.24, 2.45) is 0 Å². The predicted octanol–water partition coefficient (Wildman–Crippen LogP) is 2.29. The number of likely N-dealkylation sites (N-methyl/N-ethyl adjacent to an activating group) is 1. The fraction of sp³-hybridized carbons (Fsp3) is 0.529. The number of carboxylic acid groups (broad SMARTS) is 1. The molecule has 138 valence electrons. The number of hydrogen-bond acceptors (Lipinski definition) is 4. The number of aliphatic carboxylic acids is 1. The molecule has 0 radical (unpaired) electrons. The molecule has 1 amide bonds. The Kier molecular flexibility index (Phi) is 7.16. The van der Waals surface area contributed by atoms with E-state index in [4.69, 9.17) is 16.7 Å². The van der Waals surface area contributed by atoms with Gasteiger partial charge in [0, 0.05) is 24.2 Å². The molecule has 0 saturated carbocycles. The van der Waals surface area contributed by atoms with E-state index in [1.165, 1.54) is 18.2 Å². The first-order chi connectivity index (χ1) is 11.9. The van der Waals surface area contributed by atoms with Crippen LogP contribution in [-0.2, 0) is 9.59 Å². The Morgan fingerprint density at radius 3 is 2.68 bits per heavy atom. The van der Waals surface area contributed by atoms with Gasteiger partial charge < -0.3 is 10.4 Å². The number of carbonyl (C=O) groups is 2. The molecule has 1 aromatic carbocycles. The lowest BCUT2D eigenvalue weighted by molar-refractivity contribution is -0.139. The Labute approximate surface area is 151 Å². The summed E-state index contributed by atoms with van der Waals surface area (Å²) in [4.78, 5) is 26.9. The molecule has 2 rings (SSSR count). The third-order valence-electron chi connectivity index (χ3n) is 4.39. The topological polar surface area (TPSA) is 72.9 Å². The van der Waals surface area contributed by atoms with Crippen LogP contribution in [0, 0.1) is 5.82 Å². The number of amides is 1. The number of piperidine rings is 1. The van der Waals surface area contributed by atoms with Crippen LogP contribution in [0.2, 0.25) is 5.02 Å². The van der Waals surface area contributed by atoms with E-state index in [1.807, 2.05) is 16.7 Å². The number of carbonyl (C=O) groups excluding carboxylic acids is 1. The average Bonchev–Trinajstić information content (AvgIpc) is 2.56. The molecule has 1 saturated heterocycles. The van der Waals surface area contributed by atoms with Gasteiger partial charge in [-0.2, -0.15) is 0 Å². The molecule has 0 aliphatic carbocycles. The van der Waals surface area contributed by atoms with Crippen molar-refractivity contribution in [1.29, 1.82) is 0 Å². The highest BCUT2D eigenvalue weighted by Gasteiger charge is 2.26. The monoisotopic (exact) mass is 371 g/mol. The quantitative estimate of drug-likeness (QED) is 0.769. The van der Waals surface area contributed by atoms with Crippen LogP contribution in [0.3, 0.4) is 0 Å². The summed E-state index contributed by atoms with van der Waals surface area (Å²) in [6, 6.07) is 4.23. The number of nitrogens with zero attached hydrogens (tertiary/aromatic N) is 2. The van der Waals surface area contributed by atoms with Crippen LogP contribution < -0.4 is 5.32 Å². The molecule has 0 unspecified atom stereocenters. The van der Waals surface area contributed by atoms with Crippen molar-refractivity contribution in [3.63, 3.8) is 0 Å². The molecule has 1 aliphatic heterocycles. The predicted molar refractivity (Wildman–Crippen MR) is 94.4 cm³/mol. The Morgan fingerprint density at radius 1 is 1.40 bits per heavy atom. The number of likely N-dealkylation sites (tertiary alicyclic amines) is 1. The van der Waals surface area contributed by atoms with Crippen molar-refractivity contribution in [2.75, 3.05) is 38.0 Å². The van der Waals surface area contributed by atoms with Crippen molar-refractivity contribution >= 4 is 29.2 Å². The van der Waals surface area contributed by atoms with Gasteiger partial charge >= 0.3 is 5.97 Å². The normalized spacial score (nSPS) is 16.2. The first-order valence-electron chi connectivity index (χ1n) is 8.32. The van der Waals surface area contributed by atoms with Gasteiger partial charge in [0.2, 0.25) is 5.91 Å². The summed E-state index contributed by atoms with van der Waals surface area (Å²) < 4.78 is 13.7. The van der Waals surface area contributed by atoms with Crippen LogP contribution in [0.1, 0.15) is 19.8 Å². The SMILES string of the molecule is CCN(CC(=O)O)C1CCN(CC(=O)Nc2cc(Cl)ccc2F)CC1. The van der Waals surface area contributed by atoms with E-state index in [9.17, 15) is 14.0 Å². The molecule has 8 heteroatoms. The summed E-state index contributed by atoms with van der Waals surface area (Å²) in [6.45, 7) is 4.24. The van der Waals surface area contributed by atoms with Crippen LogP contribution in [0.25, 0.3) is 0 Å². The summed E-state index contributed by atoms with van der Waals surface area (Å²) in [5.74, 6) is -1.64. The van der Waals surface area contributed by atoms with Gasteiger partial charge in [0.25, 0.3) is 0 Å². The summed E-state index contributed by atoms with van der Waals surface area (Å²) in [5.41, 5.74) is 0.0750. The lowest BCUT2D eigenvalue weighted by atomic mass is 10.0. The van der Waals surface area contributed by atoms with Crippen molar-refractivity contribution in [1.82, 2.24) is 9.80 Å². The van der Waals surface area contributed by atoms with Crippen molar-refractivity contribution < 1.29 is 19.1 Å². The Bertz CT molecular complexity index is 621. The molecule has 6 nitrogen and oxygen atoms in total. The largest absolute Gasteiger partial charge is 0.480 e. The number of benzene rings is 1. The van der Waals surface area contributed by atoms with Crippen LogP contribution in [-0.4, -0.2) is 65.5 Å². The van der Waals surface area contributed by atoms with Crippen molar-refractivity contribution in [3.05, 3.63) is 29.0 Å². The van der Waals surface area contributed by atoms with E-state index in [1.54, 1.807) is 0 Å². The highest BCUT2D eigenvalue weighted by molar-refractivity contribution is 6.30. The molecule has 1 aliphatic rings. The third kappa shape index (κ3) is 5.95. The van der Waals surface area contributed by atoms with E-state index in [2.05, 4.69) is 5.32 Å². The van der Waals surface area contributed by atoms with Gasteiger partial charge in [0.05, 0.1) is 18.8 Å². The molecule has 1 fully saturated rings. The zero-order valence-corrected chi connectivity index (χ0v) is 14.9. The molecular weight excluding hydrogens is 349 g/mol. The minimum atomic E-state index is -0.827. The van der Waals surface area contributed by atoms with Crippen LogP contribution in [0.4, 0.5) is 10.1 Å². The van der Waals surface area contributed by atoms with Crippen molar-refractivity contribution in [3.8, 4) is 0 Å². The van der Waals surface area contributed by atoms with Gasteiger partial charge in [-0.15, -0.1) is 0 Å². The molecule has 0 spiro atoms. The van der Waals surface area contributed by atoms with E-state index < -0.39 is 11.8 Å². The molecular formula is C17H23ClFN3O3. The smallest absolute Gasteiger partial charge is 0.317 e. The van der Waals surface area contributed by atoms with E-state index in [-0.39, 0.29) is 30.7 Å². The minimum absolute atomic E-state index is 0.0374. The zero-order chi connectivity index (χ0) is 18.4. The summed E-state index contributed by atoms with van der Waals surface area (Å²) >= 11 is 5.81. The van der Waals surface area contributed by atoms with Crippen LogP contribution in [0.5, 0.6) is 0 Å². The molecule has 1 aromatic rings. The minimum Gasteiger partial charge on any atom is -0.480 e.